The van der Waals surface area contributed by atoms with Gasteiger partial charge in [-0.25, -0.2) is 0 Å². The number of nitrogens with zero attached hydrogens (tertiary/aromatic N) is 1. The second-order valence-corrected chi connectivity index (χ2v) is 5.60. The van der Waals surface area contributed by atoms with Crippen molar-refractivity contribution in [2.24, 2.45) is 11.7 Å². The van der Waals surface area contributed by atoms with Crippen LogP contribution in [0.2, 0.25) is 0 Å². The van der Waals surface area contributed by atoms with Crippen molar-refractivity contribution in [1.82, 2.24) is 4.90 Å². The fraction of sp³-hybridized carbons (Fsp3) is 0.625. The van der Waals surface area contributed by atoms with E-state index in [2.05, 4.69) is 49.1 Å². The van der Waals surface area contributed by atoms with Crippen LogP contribution in [0, 0.1) is 5.92 Å². The van der Waals surface area contributed by atoms with Gasteiger partial charge in [-0.15, -0.1) is 0 Å². The molecule has 2 N–H and O–H groups in total. The number of hydrogen-bond donors (Lipinski definition) is 1. The number of piperidine rings is 1. The van der Waals surface area contributed by atoms with E-state index in [0.29, 0.717) is 6.04 Å². The van der Waals surface area contributed by atoms with E-state index >= 15 is 0 Å². The number of rotatable bonds is 4. The number of likely N-dealkylation sites (tertiary alicyclic amines) is 1. The van der Waals surface area contributed by atoms with Gasteiger partial charge in [-0.1, -0.05) is 43.7 Å². The molecule has 18 heavy (non-hydrogen) atoms. The molecule has 0 radical (unpaired) electrons. The van der Waals surface area contributed by atoms with Gasteiger partial charge in [0.2, 0.25) is 0 Å². The Morgan fingerprint density at radius 2 is 1.83 bits per heavy atom. The second kappa shape index (κ2) is 6.35. The van der Waals surface area contributed by atoms with E-state index in [1.807, 2.05) is 0 Å². The summed E-state index contributed by atoms with van der Waals surface area (Å²) in [6, 6.07) is 11.3. The molecule has 2 heteroatoms. The molecule has 2 rings (SSSR count). The Hall–Kier alpha value is -0.860. The van der Waals surface area contributed by atoms with Crippen molar-refractivity contribution in [3.8, 4) is 0 Å². The van der Waals surface area contributed by atoms with Crippen LogP contribution < -0.4 is 5.73 Å². The molecular weight excluding hydrogens is 220 g/mol. The van der Waals surface area contributed by atoms with Crippen molar-refractivity contribution < 1.29 is 0 Å². The summed E-state index contributed by atoms with van der Waals surface area (Å²) in [4.78, 5) is 2.58. The lowest BCUT2D eigenvalue weighted by molar-refractivity contribution is 0.117. The Kier molecular flexibility index (Phi) is 4.79. The first-order valence-corrected chi connectivity index (χ1v) is 7.27. The Labute approximate surface area is 111 Å². The van der Waals surface area contributed by atoms with Crippen LogP contribution in [0.3, 0.4) is 0 Å². The minimum atomic E-state index is 0.186. The van der Waals surface area contributed by atoms with Crippen molar-refractivity contribution >= 4 is 0 Å². The Morgan fingerprint density at radius 1 is 1.22 bits per heavy atom. The molecule has 2 atom stereocenters. The molecule has 1 heterocycles. The summed E-state index contributed by atoms with van der Waals surface area (Å²) in [5, 5.41) is 0. The number of hydrogen-bond acceptors (Lipinski definition) is 2. The topological polar surface area (TPSA) is 29.3 Å². The summed E-state index contributed by atoms with van der Waals surface area (Å²) >= 11 is 0. The molecule has 1 aliphatic heterocycles. The van der Waals surface area contributed by atoms with Crippen molar-refractivity contribution in [1.29, 1.82) is 0 Å². The highest BCUT2D eigenvalue weighted by atomic mass is 15.2. The lowest BCUT2D eigenvalue weighted by Crippen LogP contribution is -2.43. The first-order valence-electron chi connectivity index (χ1n) is 7.27. The summed E-state index contributed by atoms with van der Waals surface area (Å²) in [5.41, 5.74) is 7.59. The van der Waals surface area contributed by atoms with Gasteiger partial charge in [-0.05, 0) is 44.3 Å². The van der Waals surface area contributed by atoms with Gasteiger partial charge in [0.05, 0.1) is 0 Å². The van der Waals surface area contributed by atoms with Gasteiger partial charge < -0.3 is 5.73 Å². The zero-order chi connectivity index (χ0) is 13.0. The predicted molar refractivity (Wildman–Crippen MR) is 77.4 cm³/mol. The third-order valence-electron chi connectivity index (χ3n) is 4.26. The molecule has 0 amide bonds. The monoisotopic (exact) mass is 246 g/mol. The van der Waals surface area contributed by atoms with Gasteiger partial charge >= 0.3 is 0 Å². The van der Waals surface area contributed by atoms with Gasteiger partial charge in [-0.2, -0.15) is 0 Å². The van der Waals surface area contributed by atoms with E-state index < -0.39 is 0 Å². The first kappa shape index (κ1) is 13.6. The van der Waals surface area contributed by atoms with Crippen LogP contribution in [0.1, 0.15) is 44.7 Å². The van der Waals surface area contributed by atoms with E-state index in [9.17, 15) is 0 Å². The molecule has 0 aliphatic carbocycles. The summed E-state index contributed by atoms with van der Waals surface area (Å²) in [7, 11) is 0. The molecule has 0 saturated carbocycles. The highest BCUT2D eigenvalue weighted by molar-refractivity contribution is 5.20. The lowest BCUT2D eigenvalue weighted by Gasteiger charge is -2.39. The molecule has 1 aliphatic rings. The summed E-state index contributed by atoms with van der Waals surface area (Å²) in [5.74, 6) is 0.922. The highest BCUT2D eigenvalue weighted by Gasteiger charge is 2.27. The molecule has 1 aromatic rings. The van der Waals surface area contributed by atoms with Crippen molar-refractivity contribution in [3.05, 3.63) is 35.9 Å². The average Bonchev–Trinajstić information content (AvgIpc) is 2.40. The van der Waals surface area contributed by atoms with E-state index in [0.717, 1.165) is 5.92 Å². The van der Waals surface area contributed by atoms with E-state index in [1.54, 1.807) is 0 Å². The summed E-state index contributed by atoms with van der Waals surface area (Å²) in [6.45, 7) is 6.82. The Balaban J connectivity index is 2.08. The highest BCUT2D eigenvalue weighted by Crippen LogP contribution is 2.29. The molecule has 2 nitrogen and oxygen atoms in total. The molecular formula is C16H26N2. The van der Waals surface area contributed by atoms with Gasteiger partial charge in [0.25, 0.3) is 0 Å². The van der Waals surface area contributed by atoms with Crippen LogP contribution in [0.5, 0.6) is 0 Å². The molecule has 0 bridgehead atoms. The molecule has 0 aromatic heterocycles. The maximum absolute atomic E-state index is 6.23. The Morgan fingerprint density at radius 3 is 2.33 bits per heavy atom. The van der Waals surface area contributed by atoms with Crippen LogP contribution in [0.4, 0.5) is 0 Å². The van der Waals surface area contributed by atoms with Crippen LogP contribution >= 0.6 is 0 Å². The Bertz CT molecular complexity index is 339. The van der Waals surface area contributed by atoms with Crippen molar-refractivity contribution in [2.45, 2.75) is 45.2 Å². The molecule has 2 unspecified atom stereocenters. The van der Waals surface area contributed by atoms with Crippen LogP contribution in [0.15, 0.2) is 30.3 Å². The van der Waals surface area contributed by atoms with Crippen LogP contribution in [-0.4, -0.2) is 24.0 Å². The minimum Gasteiger partial charge on any atom is -0.326 e. The number of nitrogens with two attached hydrogens (primary N) is 1. The van der Waals surface area contributed by atoms with Gasteiger partial charge in [0, 0.05) is 12.1 Å². The summed E-state index contributed by atoms with van der Waals surface area (Å²) in [6.07, 6.45) is 3.97. The second-order valence-electron chi connectivity index (χ2n) is 5.60. The van der Waals surface area contributed by atoms with Crippen molar-refractivity contribution in [3.63, 3.8) is 0 Å². The minimum absolute atomic E-state index is 0.186. The largest absolute Gasteiger partial charge is 0.326 e. The maximum atomic E-state index is 6.23. The standard InChI is InChI=1S/C16H26N2/c1-3-14-9-11-18(12-10-14)16(13(2)17)15-7-5-4-6-8-15/h4-8,13-14,16H,3,9-12,17H2,1-2H3. The first-order chi connectivity index (χ1) is 8.72. The number of benzene rings is 1. The van der Waals surface area contributed by atoms with Gasteiger partial charge in [0.1, 0.15) is 0 Å². The van der Waals surface area contributed by atoms with E-state index in [1.165, 1.54) is 37.9 Å². The molecule has 1 aromatic carbocycles. The van der Waals surface area contributed by atoms with Gasteiger partial charge in [0.15, 0.2) is 0 Å². The van der Waals surface area contributed by atoms with Crippen LogP contribution in [-0.2, 0) is 0 Å². The quantitative estimate of drug-likeness (QED) is 0.884. The molecule has 1 fully saturated rings. The molecule has 100 valence electrons. The molecule has 0 spiro atoms. The average molecular weight is 246 g/mol. The maximum Gasteiger partial charge on any atom is 0.0496 e. The molecule has 1 saturated heterocycles. The van der Waals surface area contributed by atoms with E-state index in [4.69, 9.17) is 5.73 Å². The van der Waals surface area contributed by atoms with Crippen LogP contribution in [0.25, 0.3) is 0 Å². The fourth-order valence-corrected chi connectivity index (χ4v) is 3.14. The third-order valence-corrected chi connectivity index (χ3v) is 4.26. The summed E-state index contributed by atoms with van der Waals surface area (Å²) < 4.78 is 0. The van der Waals surface area contributed by atoms with Crippen molar-refractivity contribution in [2.75, 3.05) is 13.1 Å². The third kappa shape index (κ3) is 3.12. The fourth-order valence-electron chi connectivity index (χ4n) is 3.14. The van der Waals surface area contributed by atoms with E-state index in [-0.39, 0.29) is 6.04 Å². The predicted octanol–water partition coefficient (Wildman–Crippen LogP) is 3.20. The zero-order valence-corrected chi connectivity index (χ0v) is 11.7. The van der Waals surface area contributed by atoms with Gasteiger partial charge in [-0.3, -0.25) is 4.90 Å². The smallest absolute Gasteiger partial charge is 0.0496 e. The normalized spacial score (nSPS) is 21.7. The lowest BCUT2D eigenvalue weighted by atomic mass is 9.91. The SMILES string of the molecule is CCC1CCN(C(c2ccccc2)C(C)N)CC1. The zero-order valence-electron chi connectivity index (χ0n) is 11.7.